The molecule has 1 heterocycles. The Morgan fingerprint density at radius 1 is 1.28 bits per heavy atom. The Balaban J connectivity index is 0.00000312. The Bertz CT molecular complexity index is 543. The first-order valence-corrected chi connectivity index (χ1v) is 8.98. The van der Waals surface area contributed by atoms with Crippen LogP contribution in [0.15, 0.2) is 23.2 Å². The van der Waals surface area contributed by atoms with Gasteiger partial charge in [0.1, 0.15) is 0 Å². The topological polar surface area (TPSA) is 60.1 Å². The molecule has 0 saturated carbocycles. The van der Waals surface area contributed by atoms with Crippen molar-refractivity contribution in [1.82, 2.24) is 4.90 Å². The van der Waals surface area contributed by atoms with Crippen LogP contribution in [0.2, 0.25) is 0 Å². The van der Waals surface area contributed by atoms with Crippen molar-refractivity contribution in [2.75, 3.05) is 33.4 Å². The fourth-order valence-corrected chi connectivity index (χ4v) is 2.96. The quantitative estimate of drug-likeness (QED) is 0.291. The van der Waals surface area contributed by atoms with E-state index in [1.54, 1.807) is 7.11 Å². The lowest BCUT2D eigenvalue weighted by Crippen LogP contribution is -2.42. The largest absolute Gasteiger partial charge is 0.493 e. The number of halogens is 1. The van der Waals surface area contributed by atoms with Crippen LogP contribution in [0, 0.1) is 5.92 Å². The second-order valence-corrected chi connectivity index (χ2v) is 6.43. The highest BCUT2D eigenvalue weighted by Gasteiger charge is 2.16. The van der Waals surface area contributed by atoms with Crippen LogP contribution in [0.3, 0.4) is 0 Å². The Morgan fingerprint density at radius 3 is 2.64 bits per heavy atom. The second kappa shape index (κ2) is 11.4. The number of guanidine groups is 1. The summed E-state index contributed by atoms with van der Waals surface area (Å²) < 4.78 is 10.9. The number of likely N-dealkylation sites (tertiary alicyclic amines) is 1. The summed E-state index contributed by atoms with van der Waals surface area (Å²) in [6.07, 6.45) is 4.35. The molecule has 1 aromatic carbocycles. The van der Waals surface area contributed by atoms with Crippen molar-refractivity contribution in [3.8, 4) is 11.5 Å². The highest BCUT2D eigenvalue weighted by atomic mass is 127. The van der Waals surface area contributed by atoms with E-state index in [9.17, 15) is 0 Å². The Hall–Kier alpha value is -1.18. The van der Waals surface area contributed by atoms with Gasteiger partial charge in [0.05, 0.1) is 13.7 Å². The zero-order valence-electron chi connectivity index (χ0n) is 15.7. The molecule has 1 aliphatic rings. The van der Waals surface area contributed by atoms with Gasteiger partial charge in [-0.15, -0.1) is 24.0 Å². The number of hydrogen-bond acceptors (Lipinski definition) is 3. The van der Waals surface area contributed by atoms with Crippen LogP contribution in [-0.2, 0) is 6.42 Å². The lowest BCUT2D eigenvalue weighted by Gasteiger charge is -2.31. The van der Waals surface area contributed by atoms with E-state index in [-0.39, 0.29) is 24.0 Å². The second-order valence-electron chi connectivity index (χ2n) is 6.43. The van der Waals surface area contributed by atoms with E-state index in [1.807, 2.05) is 13.0 Å². The minimum Gasteiger partial charge on any atom is -0.493 e. The van der Waals surface area contributed by atoms with E-state index < -0.39 is 0 Å². The number of nitrogens with two attached hydrogens (primary N) is 1. The molecule has 0 unspecified atom stereocenters. The predicted molar refractivity (Wildman–Crippen MR) is 114 cm³/mol. The number of rotatable bonds is 7. The van der Waals surface area contributed by atoms with E-state index in [2.05, 4.69) is 28.9 Å². The standard InChI is InChI=1S/C19H31N3O2.HI/c1-4-24-18-14-16(7-8-17(18)23-3)6-5-11-21-19(20)22-12-9-15(2)10-13-22;/h7-8,14-15H,4-6,9-13H2,1-3H3,(H2,20,21);1H. The predicted octanol–water partition coefficient (Wildman–Crippen LogP) is 3.69. The van der Waals surface area contributed by atoms with Gasteiger partial charge in [-0.1, -0.05) is 13.0 Å². The lowest BCUT2D eigenvalue weighted by molar-refractivity contribution is 0.277. The number of nitrogens with zero attached hydrogens (tertiary/aromatic N) is 2. The smallest absolute Gasteiger partial charge is 0.191 e. The number of hydrogen-bond donors (Lipinski definition) is 1. The minimum absolute atomic E-state index is 0. The molecule has 1 aromatic rings. The van der Waals surface area contributed by atoms with Crippen LogP contribution >= 0.6 is 24.0 Å². The number of methoxy groups -OCH3 is 1. The molecule has 1 aliphatic heterocycles. The zero-order valence-corrected chi connectivity index (χ0v) is 18.0. The normalized spacial score (nSPS) is 15.6. The van der Waals surface area contributed by atoms with Crippen molar-refractivity contribution in [2.24, 2.45) is 16.6 Å². The minimum atomic E-state index is 0. The Kier molecular flexibility index (Phi) is 10.0. The van der Waals surface area contributed by atoms with Gasteiger partial charge in [-0.25, -0.2) is 0 Å². The molecule has 0 atom stereocenters. The number of piperidine rings is 1. The molecule has 25 heavy (non-hydrogen) atoms. The van der Waals surface area contributed by atoms with Crippen molar-refractivity contribution < 1.29 is 9.47 Å². The average molecular weight is 461 g/mol. The molecule has 142 valence electrons. The third kappa shape index (κ3) is 6.92. The monoisotopic (exact) mass is 461 g/mol. The summed E-state index contributed by atoms with van der Waals surface area (Å²) in [6, 6.07) is 6.11. The molecule has 1 fully saturated rings. The van der Waals surface area contributed by atoms with E-state index in [0.717, 1.165) is 49.9 Å². The molecular formula is C19H32IN3O2. The average Bonchev–Trinajstić information content (AvgIpc) is 2.59. The Labute approximate surface area is 169 Å². The van der Waals surface area contributed by atoms with Gasteiger partial charge in [-0.3, -0.25) is 4.99 Å². The van der Waals surface area contributed by atoms with E-state index >= 15 is 0 Å². The molecule has 0 radical (unpaired) electrons. The molecular weight excluding hydrogens is 429 g/mol. The number of ether oxygens (including phenoxy) is 2. The van der Waals surface area contributed by atoms with Crippen LogP contribution in [0.5, 0.6) is 11.5 Å². The highest BCUT2D eigenvalue weighted by molar-refractivity contribution is 14.0. The van der Waals surface area contributed by atoms with Crippen molar-refractivity contribution >= 4 is 29.9 Å². The third-order valence-corrected chi connectivity index (χ3v) is 4.53. The summed E-state index contributed by atoms with van der Waals surface area (Å²) in [5.41, 5.74) is 7.35. The van der Waals surface area contributed by atoms with Gasteiger partial charge in [0.15, 0.2) is 17.5 Å². The van der Waals surface area contributed by atoms with Gasteiger partial charge in [0, 0.05) is 19.6 Å². The summed E-state index contributed by atoms with van der Waals surface area (Å²) in [7, 11) is 1.66. The van der Waals surface area contributed by atoms with E-state index in [4.69, 9.17) is 15.2 Å². The molecule has 0 aliphatic carbocycles. The first-order chi connectivity index (χ1) is 11.6. The van der Waals surface area contributed by atoms with Gasteiger partial charge < -0.3 is 20.1 Å². The van der Waals surface area contributed by atoms with Crippen LogP contribution in [-0.4, -0.2) is 44.2 Å². The fraction of sp³-hybridized carbons (Fsp3) is 0.632. The number of aliphatic imine (C=N–C) groups is 1. The van der Waals surface area contributed by atoms with Crippen molar-refractivity contribution in [3.63, 3.8) is 0 Å². The molecule has 0 spiro atoms. The molecule has 2 N–H and O–H groups in total. The van der Waals surface area contributed by atoms with Crippen LogP contribution in [0.25, 0.3) is 0 Å². The van der Waals surface area contributed by atoms with Gasteiger partial charge >= 0.3 is 0 Å². The SMILES string of the molecule is CCOc1cc(CCCN=C(N)N2CCC(C)CC2)ccc1OC.I. The summed E-state index contributed by atoms with van der Waals surface area (Å²) >= 11 is 0. The van der Waals surface area contributed by atoms with E-state index in [0.29, 0.717) is 12.6 Å². The fourth-order valence-electron chi connectivity index (χ4n) is 2.96. The summed E-state index contributed by atoms with van der Waals surface area (Å²) in [5.74, 6) is 3.10. The van der Waals surface area contributed by atoms with Crippen LogP contribution < -0.4 is 15.2 Å². The van der Waals surface area contributed by atoms with Gasteiger partial charge in [-0.2, -0.15) is 0 Å². The maximum Gasteiger partial charge on any atom is 0.191 e. The number of aryl methyl sites for hydroxylation is 1. The highest BCUT2D eigenvalue weighted by Crippen LogP contribution is 2.28. The molecule has 5 nitrogen and oxygen atoms in total. The van der Waals surface area contributed by atoms with Gasteiger partial charge in [0.25, 0.3) is 0 Å². The van der Waals surface area contributed by atoms with Crippen LogP contribution in [0.1, 0.15) is 38.7 Å². The molecule has 0 bridgehead atoms. The molecule has 1 saturated heterocycles. The van der Waals surface area contributed by atoms with Crippen molar-refractivity contribution in [2.45, 2.75) is 39.5 Å². The van der Waals surface area contributed by atoms with Crippen molar-refractivity contribution in [1.29, 1.82) is 0 Å². The molecule has 2 rings (SSSR count). The third-order valence-electron chi connectivity index (χ3n) is 4.53. The molecule has 6 heteroatoms. The maximum absolute atomic E-state index is 6.11. The molecule has 0 amide bonds. The summed E-state index contributed by atoms with van der Waals surface area (Å²) in [5, 5.41) is 0. The van der Waals surface area contributed by atoms with Gasteiger partial charge in [-0.05, 0) is 56.2 Å². The maximum atomic E-state index is 6.11. The van der Waals surface area contributed by atoms with Crippen LogP contribution in [0.4, 0.5) is 0 Å². The summed E-state index contributed by atoms with van der Waals surface area (Å²) in [6.45, 7) is 7.74. The van der Waals surface area contributed by atoms with E-state index in [1.165, 1.54) is 18.4 Å². The zero-order chi connectivity index (χ0) is 17.4. The first kappa shape index (κ1) is 21.9. The first-order valence-electron chi connectivity index (χ1n) is 8.98. The number of benzene rings is 1. The Morgan fingerprint density at radius 2 is 2.00 bits per heavy atom. The molecule has 0 aromatic heterocycles. The van der Waals surface area contributed by atoms with Gasteiger partial charge in [0.2, 0.25) is 0 Å². The summed E-state index contributed by atoms with van der Waals surface area (Å²) in [4.78, 5) is 6.75. The van der Waals surface area contributed by atoms with Crippen molar-refractivity contribution in [3.05, 3.63) is 23.8 Å². The lowest BCUT2D eigenvalue weighted by atomic mass is 10.00.